The number of benzene rings is 1. The fraction of sp³-hybridized carbons (Fsp3) is 0.200. The molecule has 20 heavy (non-hydrogen) atoms. The summed E-state index contributed by atoms with van der Waals surface area (Å²) < 4.78 is 6.61. The molecular weight excluding hydrogens is 256 g/mol. The maximum absolute atomic E-state index is 11.7. The molecule has 0 bridgehead atoms. The predicted octanol–water partition coefficient (Wildman–Crippen LogP) is 2.13. The van der Waals surface area contributed by atoms with Crippen LogP contribution >= 0.6 is 0 Å². The van der Waals surface area contributed by atoms with Crippen LogP contribution in [-0.2, 0) is 16.6 Å². The maximum Gasteiger partial charge on any atom is 0.355 e. The fourth-order valence-corrected chi connectivity index (χ4v) is 1.78. The first-order valence-corrected chi connectivity index (χ1v) is 6.22. The number of carbonyl (C=O) groups is 2. The number of aryl methyl sites for hydroxylation is 2. The Labute approximate surface area is 117 Å². The number of nitrogens with zero attached hydrogens (tertiary/aromatic N) is 1. The van der Waals surface area contributed by atoms with Crippen molar-refractivity contribution in [2.45, 2.75) is 6.92 Å². The number of esters is 1. The summed E-state index contributed by atoms with van der Waals surface area (Å²) in [4.78, 5) is 23.5. The third-order valence-electron chi connectivity index (χ3n) is 2.91. The lowest BCUT2D eigenvalue weighted by Gasteiger charge is -2.09. The van der Waals surface area contributed by atoms with Crippen LogP contribution in [0.5, 0.6) is 0 Å². The van der Waals surface area contributed by atoms with E-state index in [4.69, 9.17) is 4.74 Å². The van der Waals surface area contributed by atoms with E-state index < -0.39 is 5.97 Å². The Morgan fingerprint density at radius 2 is 1.95 bits per heavy atom. The molecule has 1 N–H and O–H groups in total. The van der Waals surface area contributed by atoms with Crippen LogP contribution in [0.2, 0.25) is 0 Å². The van der Waals surface area contributed by atoms with Gasteiger partial charge in [-0.1, -0.05) is 18.2 Å². The summed E-state index contributed by atoms with van der Waals surface area (Å²) in [5, 5.41) is 2.70. The highest BCUT2D eigenvalue weighted by atomic mass is 16.5. The van der Waals surface area contributed by atoms with Crippen LogP contribution < -0.4 is 5.32 Å². The van der Waals surface area contributed by atoms with Gasteiger partial charge in [-0.15, -0.1) is 0 Å². The summed E-state index contributed by atoms with van der Waals surface area (Å²) in [5.74, 6) is -0.876. The van der Waals surface area contributed by atoms with Crippen molar-refractivity contribution in [3.63, 3.8) is 0 Å². The van der Waals surface area contributed by atoms with Crippen molar-refractivity contribution in [2.75, 3.05) is 11.9 Å². The second-order valence-electron chi connectivity index (χ2n) is 4.44. The highest BCUT2D eigenvalue weighted by Gasteiger charge is 2.12. The number of para-hydroxylation sites is 1. The lowest BCUT2D eigenvalue weighted by molar-refractivity contribution is -0.119. The molecule has 1 aromatic carbocycles. The van der Waals surface area contributed by atoms with E-state index in [0.29, 0.717) is 11.4 Å². The number of anilines is 1. The minimum absolute atomic E-state index is 0.307. The van der Waals surface area contributed by atoms with E-state index in [-0.39, 0.29) is 12.5 Å². The Morgan fingerprint density at radius 3 is 2.60 bits per heavy atom. The summed E-state index contributed by atoms with van der Waals surface area (Å²) >= 11 is 0. The molecule has 5 heteroatoms. The van der Waals surface area contributed by atoms with E-state index in [0.717, 1.165) is 5.56 Å². The highest BCUT2D eigenvalue weighted by molar-refractivity contribution is 5.95. The third-order valence-corrected chi connectivity index (χ3v) is 2.91. The fourth-order valence-electron chi connectivity index (χ4n) is 1.78. The average Bonchev–Trinajstić information content (AvgIpc) is 2.85. The van der Waals surface area contributed by atoms with Crippen LogP contribution in [0.4, 0.5) is 5.69 Å². The summed E-state index contributed by atoms with van der Waals surface area (Å²) in [6, 6.07) is 10.8. The largest absolute Gasteiger partial charge is 0.451 e. The van der Waals surface area contributed by atoms with Crippen LogP contribution in [0, 0.1) is 6.92 Å². The number of nitrogens with one attached hydrogen (secondary N) is 1. The molecule has 2 rings (SSSR count). The standard InChI is InChI=1S/C15H16N2O3/c1-11-6-3-4-7-12(11)16-14(18)10-20-15(19)13-8-5-9-17(13)2/h3-9H,10H2,1-2H3,(H,16,18). The third kappa shape index (κ3) is 3.26. The highest BCUT2D eigenvalue weighted by Crippen LogP contribution is 2.12. The number of ether oxygens (including phenoxy) is 1. The molecule has 1 amide bonds. The van der Waals surface area contributed by atoms with Gasteiger partial charge in [-0.3, -0.25) is 4.79 Å². The van der Waals surface area contributed by atoms with Crippen molar-refractivity contribution in [2.24, 2.45) is 7.05 Å². The zero-order chi connectivity index (χ0) is 14.5. The van der Waals surface area contributed by atoms with Crippen LogP contribution in [-0.4, -0.2) is 23.1 Å². The lowest BCUT2D eigenvalue weighted by Crippen LogP contribution is -2.22. The van der Waals surface area contributed by atoms with E-state index in [1.807, 2.05) is 25.1 Å². The van der Waals surface area contributed by atoms with Gasteiger partial charge in [0.05, 0.1) is 0 Å². The number of hydrogen-bond donors (Lipinski definition) is 1. The van der Waals surface area contributed by atoms with E-state index in [9.17, 15) is 9.59 Å². The number of hydrogen-bond acceptors (Lipinski definition) is 3. The molecule has 5 nitrogen and oxygen atoms in total. The molecule has 1 aromatic heterocycles. The van der Waals surface area contributed by atoms with Gasteiger partial charge in [-0.05, 0) is 30.7 Å². The van der Waals surface area contributed by atoms with Crippen molar-refractivity contribution in [3.8, 4) is 0 Å². The normalized spacial score (nSPS) is 10.1. The molecular formula is C15H16N2O3. The zero-order valence-corrected chi connectivity index (χ0v) is 11.4. The first kappa shape index (κ1) is 13.9. The topological polar surface area (TPSA) is 60.3 Å². The van der Waals surface area contributed by atoms with Crippen LogP contribution in [0.15, 0.2) is 42.6 Å². The molecule has 0 saturated heterocycles. The van der Waals surface area contributed by atoms with E-state index in [1.165, 1.54) is 0 Å². The summed E-state index contributed by atoms with van der Waals surface area (Å²) in [7, 11) is 1.74. The molecule has 104 valence electrons. The van der Waals surface area contributed by atoms with Gasteiger partial charge in [0.25, 0.3) is 5.91 Å². The molecule has 2 aromatic rings. The number of amides is 1. The SMILES string of the molecule is Cc1ccccc1NC(=O)COC(=O)c1cccn1C. The van der Waals surface area contributed by atoms with Crippen molar-refractivity contribution in [1.82, 2.24) is 4.57 Å². The van der Waals surface area contributed by atoms with Crippen molar-refractivity contribution in [1.29, 1.82) is 0 Å². The van der Waals surface area contributed by atoms with Gasteiger partial charge in [0.15, 0.2) is 6.61 Å². The minimum Gasteiger partial charge on any atom is -0.451 e. The molecule has 0 aliphatic rings. The molecule has 0 fully saturated rings. The molecule has 0 saturated carbocycles. The van der Waals surface area contributed by atoms with Crippen LogP contribution in [0.3, 0.4) is 0 Å². The molecule has 1 heterocycles. The Morgan fingerprint density at radius 1 is 1.20 bits per heavy atom. The van der Waals surface area contributed by atoms with Crippen molar-refractivity contribution < 1.29 is 14.3 Å². The van der Waals surface area contributed by atoms with E-state index >= 15 is 0 Å². The summed E-state index contributed by atoms with van der Waals surface area (Å²) in [6.45, 7) is 1.59. The van der Waals surface area contributed by atoms with Gasteiger partial charge in [0.2, 0.25) is 0 Å². The van der Waals surface area contributed by atoms with Gasteiger partial charge < -0.3 is 14.6 Å². The first-order chi connectivity index (χ1) is 9.58. The van der Waals surface area contributed by atoms with E-state index in [1.54, 1.807) is 36.0 Å². The molecule has 0 aliphatic carbocycles. The molecule has 0 radical (unpaired) electrons. The summed E-state index contributed by atoms with van der Waals surface area (Å²) in [6.07, 6.45) is 1.74. The van der Waals surface area contributed by atoms with Gasteiger partial charge in [0, 0.05) is 18.9 Å². The van der Waals surface area contributed by atoms with E-state index in [2.05, 4.69) is 5.32 Å². The molecule has 0 spiro atoms. The second kappa shape index (κ2) is 6.06. The number of rotatable bonds is 4. The Hall–Kier alpha value is -2.56. The molecule has 0 aliphatic heterocycles. The Kier molecular flexibility index (Phi) is 4.20. The lowest BCUT2D eigenvalue weighted by atomic mass is 10.2. The maximum atomic E-state index is 11.7. The predicted molar refractivity (Wildman–Crippen MR) is 75.5 cm³/mol. The quantitative estimate of drug-likeness (QED) is 0.867. The zero-order valence-electron chi connectivity index (χ0n) is 11.4. The average molecular weight is 272 g/mol. The van der Waals surface area contributed by atoms with Gasteiger partial charge >= 0.3 is 5.97 Å². The second-order valence-corrected chi connectivity index (χ2v) is 4.44. The summed E-state index contributed by atoms with van der Waals surface area (Å²) in [5.41, 5.74) is 2.08. The van der Waals surface area contributed by atoms with Crippen LogP contribution in [0.25, 0.3) is 0 Å². The van der Waals surface area contributed by atoms with Gasteiger partial charge in [-0.25, -0.2) is 4.79 Å². The Balaban J connectivity index is 1.89. The minimum atomic E-state index is -0.516. The molecule has 0 unspecified atom stereocenters. The van der Waals surface area contributed by atoms with Gasteiger partial charge in [-0.2, -0.15) is 0 Å². The number of aromatic nitrogens is 1. The van der Waals surface area contributed by atoms with Gasteiger partial charge in [0.1, 0.15) is 5.69 Å². The Bertz CT molecular complexity index is 632. The molecule has 0 atom stereocenters. The van der Waals surface area contributed by atoms with Crippen molar-refractivity contribution in [3.05, 3.63) is 53.9 Å². The smallest absolute Gasteiger partial charge is 0.355 e. The first-order valence-electron chi connectivity index (χ1n) is 6.22. The number of carbonyl (C=O) groups excluding carboxylic acids is 2. The van der Waals surface area contributed by atoms with Crippen molar-refractivity contribution >= 4 is 17.6 Å². The monoisotopic (exact) mass is 272 g/mol. The van der Waals surface area contributed by atoms with Crippen LogP contribution in [0.1, 0.15) is 16.1 Å².